The molecule has 0 saturated carbocycles. The average molecular weight is 285 g/mol. The summed E-state index contributed by atoms with van der Waals surface area (Å²) in [5, 5.41) is 7.25. The van der Waals surface area contributed by atoms with Crippen molar-refractivity contribution >= 4 is 5.91 Å². The molecule has 5 heteroatoms. The van der Waals surface area contributed by atoms with Crippen LogP contribution in [0.1, 0.15) is 16.8 Å². The summed E-state index contributed by atoms with van der Waals surface area (Å²) in [5.41, 5.74) is 3.09. The third-order valence-corrected chi connectivity index (χ3v) is 3.82. The minimum atomic E-state index is -0.128. The van der Waals surface area contributed by atoms with Crippen LogP contribution in [-0.4, -0.2) is 22.3 Å². The summed E-state index contributed by atoms with van der Waals surface area (Å²) in [4.78, 5) is 12.3. The van der Waals surface area contributed by atoms with E-state index in [9.17, 15) is 4.79 Å². The van der Waals surface area contributed by atoms with E-state index in [-0.39, 0.29) is 11.8 Å². The van der Waals surface area contributed by atoms with Crippen LogP contribution in [-0.2, 0) is 24.8 Å². The van der Waals surface area contributed by atoms with Gasteiger partial charge in [-0.15, -0.1) is 0 Å². The number of rotatable bonds is 3. The number of carbonyl (C=O) groups is 1. The number of amides is 1. The highest BCUT2D eigenvalue weighted by Crippen LogP contribution is 2.26. The molecule has 5 nitrogen and oxygen atoms in total. The predicted molar refractivity (Wildman–Crippen MR) is 78.9 cm³/mol. The molecule has 1 aliphatic heterocycles. The van der Waals surface area contributed by atoms with Crippen molar-refractivity contribution in [1.29, 1.82) is 0 Å². The lowest BCUT2D eigenvalue weighted by Gasteiger charge is -2.24. The number of hydrogen-bond donors (Lipinski definition) is 1. The Hall–Kier alpha value is -2.30. The number of ether oxygens (including phenoxy) is 1. The molecule has 1 aliphatic rings. The van der Waals surface area contributed by atoms with Gasteiger partial charge in [0.1, 0.15) is 12.4 Å². The van der Waals surface area contributed by atoms with Crippen LogP contribution in [0.3, 0.4) is 0 Å². The minimum absolute atomic E-state index is 0.0350. The highest BCUT2D eigenvalue weighted by molar-refractivity contribution is 5.79. The quantitative estimate of drug-likeness (QED) is 0.932. The fourth-order valence-electron chi connectivity index (χ4n) is 2.65. The largest absolute Gasteiger partial charge is 0.492 e. The topological polar surface area (TPSA) is 56.2 Å². The van der Waals surface area contributed by atoms with E-state index in [1.807, 2.05) is 44.4 Å². The predicted octanol–water partition coefficient (Wildman–Crippen LogP) is 1.60. The summed E-state index contributed by atoms with van der Waals surface area (Å²) >= 11 is 0. The Morgan fingerprint density at radius 3 is 3.05 bits per heavy atom. The Bertz CT molecular complexity index is 663. The fourth-order valence-corrected chi connectivity index (χ4v) is 2.65. The fraction of sp³-hybridized carbons (Fsp3) is 0.375. The van der Waals surface area contributed by atoms with E-state index in [4.69, 9.17) is 4.74 Å². The van der Waals surface area contributed by atoms with Crippen LogP contribution < -0.4 is 10.1 Å². The molecule has 110 valence electrons. The van der Waals surface area contributed by atoms with Gasteiger partial charge >= 0.3 is 0 Å². The molecule has 1 amide bonds. The monoisotopic (exact) mass is 285 g/mol. The number of carbonyl (C=O) groups excluding carboxylic acids is 1. The van der Waals surface area contributed by atoms with Crippen molar-refractivity contribution in [2.75, 3.05) is 6.61 Å². The van der Waals surface area contributed by atoms with Crippen LogP contribution in [0.4, 0.5) is 0 Å². The molecule has 3 rings (SSSR count). The molecule has 0 unspecified atom stereocenters. The second kappa shape index (κ2) is 5.60. The lowest BCUT2D eigenvalue weighted by atomic mass is 9.96. The molecule has 0 bridgehead atoms. The number of benzene rings is 1. The highest BCUT2D eigenvalue weighted by atomic mass is 16.5. The van der Waals surface area contributed by atoms with Crippen molar-refractivity contribution in [3.05, 3.63) is 47.3 Å². The number of para-hydroxylation sites is 1. The normalized spacial score (nSPS) is 17.0. The molecule has 0 fully saturated rings. The van der Waals surface area contributed by atoms with Gasteiger partial charge in [0.15, 0.2) is 0 Å². The van der Waals surface area contributed by atoms with Gasteiger partial charge in [-0.1, -0.05) is 18.2 Å². The van der Waals surface area contributed by atoms with Crippen LogP contribution >= 0.6 is 0 Å². The maximum Gasteiger partial charge on any atom is 0.227 e. The van der Waals surface area contributed by atoms with Crippen molar-refractivity contribution in [3.63, 3.8) is 0 Å². The van der Waals surface area contributed by atoms with E-state index < -0.39 is 0 Å². The number of nitrogens with zero attached hydrogens (tertiary/aromatic N) is 2. The van der Waals surface area contributed by atoms with Gasteiger partial charge in [-0.2, -0.15) is 5.10 Å². The number of aromatic nitrogens is 2. The van der Waals surface area contributed by atoms with E-state index in [0.29, 0.717) is 13.2 Å². The lowest BCUT2D eigenvalue weighted by molar-refractivity contribution is -0.126. The molecule has 1 aromatic carbocycles. The first-order chi connectivity index (χ1) is 10.1. The molecule has 1 N–H and O–H groups in total. The summed E-state index contributed by atoms with van der Waals surface area (Å²) < 4.78 is 7.42. The molecule has 0 saturated heterocycles. The zero-order valence-electron chi connectivity index (χ0n) is 12.3. The van der Waals surface area contributed by atoms with E-state index in [2.05, 4.69) is 10.4 Å². The molecule has 1 aromatic heterocycles. The summed E-state index contributed by atoms with van der Waals surface area (Å²) in [7, 11) is 1.88. The summed E-state index contributed by atoms with van der Waals surface area (Å²) in [6.45, 7) is 2.90. The number of aryl methyl sites for hydroxylation is 2. The standard InChI is InChI=1S/C16H19N3O2/c1-11-14(9-19(2)18-11)8-17-16(20)13-7-12-5-3-4-6-15(12)21-10-13/h3-6,9,13H,7-8,10H2,1-2H3,(H,17,20)/t13-/m0/s1. The second-order valence-electron chi connectivity index (χ2n) is 5.45. The van der Waals surface area contributed by atoms with Gasteiger partial charge in [0.05, 0.1) is 11.6 Å². The van der Waals surface area contributed by atoms with Gasteiger partial charge in [-0.25, -0.2) is 0 Å². The molecular formula is C16H19N3O2. The van der Waals surface area contributed by atoms with Gasteiger partial charge in [0, 0.05) is 25.4 Å². The third kappa shape index (κ3) is 2.91. The maximum atomic E-state index is 12.3. The SMILES string of the molecule is Cc1nn(C)cc1CNC(=O)[C@@H]1COc2ccccc2C1. The number of hydrogen-bond acceptors (Lipinski definition) is 3. The summed E-state index contributed by atoms with van der Waals surface area (Å²) in [6.07, 6.45) is 2.66. The summed E-state index contributed by atoms with van der Waals surface area (Å²) in [5.74, 6) is 0.800. The first-order valence-corrected chi connectivity index (χ1v) is 7.11. The Balaban J connectivity index is 1.61. The van der Waals surface area contributed by atoms with Crippen molar-refractivity contribution in [3.8, 4) is 5.75 Å². The van der Waals surface area contributed by atoms with Gasteiger partial charge < -0.3 is 10.1 Å². The highest BCUT2D eigenvalue weighted by Gasteiger charge is 2.25. The van der Waals surface area contributed by atoms with Gasteiger partial charge in [0.2, 0.25) is 5.91 Å². The van der Waals surface area contributed by atoms with Crippen molar-refractivity contribution in [2.24, 2.45) is 13.0 Å². The van der Waals surface area contributed by atoms with Crippen LogP contribution in [0.25, 0.3) is 0 Å². The number of nitrogens with one attached hydrogen (secondary N) is 1. The molecule has 21 heavy (non-hydrogen) atoms. The van der Waals surface area contributed by atoms with Gasteiger partial charge in [0.25, 0.3) is 0 Å². The van der Waals surface area contributed by atoms with Crippen molar-refractivity contribution in [1.82, 2.24) is 15.1 Å². The second-order valence-corrected chi connectivity index (χ2v) is 5.45. The van der Waals surface area contributed by atoms with Gasteiger partial charge in [-0.3, -0.25) is 9.48 Å². The Labute approximate surface area is 123 Å². The first-order valence-electron chi connectivity index (χ1n) is 7.11. The molecule has 2 aromatic rings. The van der Waals surface area contributed by atoms with E-state index in [0.717, 1.165) is 29.0 Å². The van der Waals surface area contributed by atoms with E-state index in [1.165, 1.54) is 0 Å². The Morgan fingerprint density at radius 2 is 2.29 bits per heavy atom. The smallest absolute Gasteiger partial charge is 0.227 e. The van der Waals surface area contributed by atoms with Crippen LogP contribution in [0.5, 0.6) is 5.75 Å². The molecule has 0 spiro atoms. The van der Waals surface area contributed by atoms with Crippen LogP contribution in [0.15, 0.2) is 30.5 Å². The van der Waals surface area contributed by atoms with Crippen molar-refractivity contribution in [2.45, 2.75) is 19.9 Å². The lowest BCUT2D eigenvalue weighted by Crippen LogP contribution is -2.37. The van der Waals surface area contributed by atoms with E-state index in [1.54, 1.807) is 4.68 Å². The summed E-state index contributed by atoms with van der Waals surface area (Å²) in [6, 6.07) is 7.88. The zero-order valence-corrected chi connectivity index (χ0v) is 12.3. The molecular weight excluding hydrogens is 266 g/mol. The molecule has 1 atom stereocenters. The van der Waals surface area contributed by atoms with Crippen LogP contribution in [0, 0.1) is 12.8 Å². The number of fused-ring (bicyclic) bond motifs is 1. The molecule has 2 heterocycles. The third-order valence-electron chi connectivity index (χ3n) is 3.82. The Morgan fingerprint density at radius 1 is 1.48 bits per heavy atom. The average Bonchev–Trinajstić information content (AvgIpc) is 2.82. The zero-order chi connectivity index (χ0) is 14.8. The van der Waals surface area contributed by atoms with Crippen molar-refractivity contribution < 1.29 is 9.53 Å². The van der Waals surface area contributed by atoms with E-state index >= 15 is 0 Å². The maximum absolute atomic E-state index is 12.3. The van der Waals surface area contributed by atoms with Gasteiger partial charge in [-0.05, 0) is 25.0 Å². The molecule has 0 radical (unpaired) electrons. The molecule has 0 aliphatic carbocycles. The van der Waals surface area contributed by atoms with Crippen LogP contribution in [0.2, 0.25) is 0 Å². The minimum Gasteiger partial charge on any atom is -0.492 e. The Kier molecular flexibility index (Phi) is 3.64. The first kappa shape index (κ1) is 13.7.